The average Bonchev–Trinajstić information content (AvgIpc) is 2.69. The van der Waals surface area contributed by atoms with Crippen molar-refractivity contribution in [2.75, 3.05) is 0 Å². The van der Waals surface area contributed by atoms with Crippen LogP contribution in [0.5, 0.6) is 0 Å². The van der Waals surface area contributed by atoms with Crippen LogP contribution in [0.2, 0.25) is 0 Å². The number of aliphatic hydroxyl groups is 1. The zero-order valence-electron chi connectivity index (χ0n) is 21.4. The smallest absolute Gasteiger partial charge is 0.164 e. The fraction of sp³-hybridized carbons (Fsp3) is 0.966. The third-order valence-electron chi connectivity index (χ3n) is 13.0. The van der Waals surface area contributed by atoms with E-state index in [4.69, 9.17) is 0 Å². The number of Topliss-reactive ketones (excluding diaryl/α,β-unsaturated/α-hetero) is 1. The van der Waals surface area contributed by atoms with E-state index in [0.29, 0.717) is 28.6 Å². The van der Waals surface area contributed by atoms with Crippen LogP contribution >= 0.6 is 0 Å². The molecule has 0 amide bonds. The van der Waals surface area contributed by atoms with Gasteiger partial charge in [-0.1, -0.05) is 48.5 Å². The van der Waals surface area contributed by atoms with Gasteiger partial charge in [-0.3, -0.25) is 4.79 Å². The van der Waals surface area contributed by atoms with Crippen molar-refractivity contribution in [3.8, 4) is 0 Å². The number of hydrogen-bond acceptors (Lipinski definition) is 2. The SMILES string of the molecule is CC1C(=O)C(O)CC2C1(C)CCC1C3(C)CCC4(C)CCC(C)(C)CC4C3CCC21C. The Morgan fingerprint density at radius 1 is 0.742 bits per heavy atom. The van der Waals surface area contributed by atoms with Gasteiger partial charge in [0.05, 0.1) is 0 Å². The minimum absolute atomic E-state index is 0.00153. The van der Waals surface area contributed by atoms with E-state index in [9.17, 15) is 9.90 Å². The molecule has 0 saturated heterocycles. The van der Waals surface area contributed by atoms with Crippen LogP contribution in [0.1, 0.15) is 113 Å². The topological polar surface area (TPSA) is 37.3 Å². The fourth-order valence-electron chi connectivity index (χ4n) is 10.7. The highest BCUT2D eigenvalue weighted by Crippen LogP contribution is 2.74. The van der Waals surface area contributed by atoms with Crippen LogP contribution in [0.15, 0.2) is 0 Å². The second-order valence-electron chi connectivity index (χ2n) is 14.8. The lowest BCUT2D eigenvalue weighted by molar-refractivity contribution is -0.225. The van der Waals surface area contributed by atoms with E-state index in [1.807, 2.05) is 0 Å². The minimum Gasteiger partial charge on any atom is -0.385 e. The number of rotatable bonds is 0. The monoisotopic (exact) mass is 428 g/mol. The third kappa shape index (κ3) is 2.88. The first-order valence-electron chi connectivity index (χ1n) is 13.5. The van der Waals surface area contributed by atoms with Crippen molar-refractivity contribution in [2.45, 2.75) is 119 Å². The van der Waals surface area contributed by atoms with E-state index < -0.39 is 6.10 Å². The van der Waals surface area contributed by atoms with Crippen LogP contribution in [0.25, 0.3) is 0 Å². The largest absolute Gasteiger partial charge is 0.385 e. The molecule has 0 heterocycles. The molecule has 176 valence electrons. The summed E-state index contributed by atoms with van der Waals surface area (Å²) in [6, 6.07) is 0. The molecule has 0 aromatic rings. The summed E-state index contributed by atoms with van der Waals surface area (Å²) in [5.74, 6) is 3.08. The maximum atomic E-state index is 12.7. The molecule has 31 heavy (non-hydrogen) atoms. The first-order valence-corrected chi connectivity index (χ1v) is 13.5. The molecule has 0 radical (unpaired) electrons. The van der Waals surface area contributed by atoms with Crippen LogP contribution in [0.4, 0.5) is 0 Å². The maximum absolute atomic E-state index is 12.7. The summed E-state index contributed by atoms with van der Waals surface area (Å²) in [5, 5.41) is 10.7. The predicted octanol–water partition coefficient (Wildman–Crippen LogP) is 7.04. The zero-order chi connectivity index (χ0) is 22.6. The molecule has 5 fully saturated rings. The fourth-order valence-corrected chi connectivity index (χ4v) is 10.7. The van der Waals surface area contributed by atoms with Crippen LogP contribution in [0, 0.1) is 56.7 Å². The first kappa shape index (κ1) is 22.4. The number of carbonyl (C=O) groups excluding carboxylic acids is 1. The quantitative estimate of drug-likeness (QED) is 0.449. The summed E-state index contributed by atoms with van der Waals surface area (Å²) in [6.45, 7) is 17.4. The van der Waals surface area contributed by atoms with Crippen LogP contribution in [-0.4, -0.2) is 17.0 Å². The van der Waals surface area contributed by atoms with Gasteiger partial charge in [-0.15, -0.1) is 0 Å². The summed E-state index contributed by atoms with van der Waals surface area (Å²) >= 11 is 0. The summed E-state index contributed by atoms with van der Waals surface area (Å²) in [7, 11) is 0. The van der Waals surface area contributed by atoms with E-state index in [0.717, 1.165) is 17.8 Å². The van der Waals surface area contributed by atoms with Crippen LogP contribution in [-0.2, 0) is 4.79 Å². The number of hydrogen-bond donors (Lipinski definition) is 1. The highest BCUT2D eigenvalue weighted by molar-refractivity contribution is 5.86. The van der Waals surface area contributed by atoms with E-state index in [-0.39, 0.29) is 22.5 Å². The summed E-state index contributed by atoms with van der Waals surface area (Å²) < 4.78 is 0. The van der Waals surface area contributed by atoms with Gasteiger partial charge in [-0.25, -0.2) is 0 Å². The van der Waals surface area contributed by atoms with E-state index in [2.05, 4.69) is 48.5 Å². The highest BCUT2D eigenvalue weighted by Gasteiger charge is 2.67. The Labute approximate surface area is 191 Å². The van der Waals surface area contributed by atoms with Crippen molar-refractivity contribution in [2.24, 2.45) is 56.7 Å². The molecule has 0 aromatic carbocycles. The number of aliphatic hydroxyl groups excluding tert-OH is 1. The predicted molar refractivity (Wildman–Crippen MR) is 127 cm³/mol. The Kier molecular flexibility index (Phi) is 4.78. The van der Waals surface area contributed by atoms with Gasteiger partial charge in [0.15, 0.2) is 5.78 Å². The molecule has 2 heteroatoms. The maximum Gasteiger partial charge on any atom is 0.164 e. The Hall–Kier alpha value is -0.370. The van der Waals surface area contributed by atoms with Crippen molar-refractivity contribution >= 4 is 5.78 Å². The number of fused-ring (bicyclic) bond motifs is 7. The molecular formula is C29H48O2. The van der Waals surface area contributed by atoms with Crippen molar-refractivity contribution in [1.82, 2.24) is 0 Å². The van der Waals surface area contributed by atoms with Crippen LogP contribution < -0.4 is 0 Å². The first-order chi connectivity index (χ1) is 14.3. The second-order valence-corrected chi connectivity index (χ2v) is 14.8. The standard InChI is InChI=1S/C29H48O2/c1-18-24(31)21(30)16-23-27(18,5)11-9-22-28(6)15-14-26(4)13-12-25(2,3)17-20(26)19(28)8-10-29(22,23)7/h18-23,30H,8-17H2,1-7H3. The summed E-state index contributed by atoms with van der Waals surface area (Å²) in [5.41, 5.74) is 1.82. The van der Waals surface area contributed by atoms with Crippen LogP contribution in [0.3, 0.4) is 0 Å². The summed E-state index contributed by atoms with van der Waals surface area (Å²) in [4.78, 5) is 12.7. The average molecular weight is 429 g/mol. The summed E-state index contributed by atoms with van der Waals surface area (Å²) in [6.07, 6.45) is 12.1. The van der Waals surface area contributed by atoms with Crippen molar-refractivity contribution < 1.29 is 9.90 Å². The lowest BCUT2D eigenvalue weighted by atomic mass is 9.33. The van der Waals surface area contributed by atoms with E-state index in [1.54, 1.807) is 0 Å². The second kappa shape index (κ2) is 6.61. The Bertz CT molecular complexity index is 771. The molecular weight excluding hydrogens is 380 g/mol. The zero-order valence-corrected chi connectivity index (χ0v) is 21.4. The van der Waals surface area contributed by atoms with Gasteiger partial charge in [-0.2, -0.15) is 0 Å². The Balaban J connectivity index is 1.51. The lowest BCUT2D eigenvalue weighted by Crippen LogP contribution is -2.65. The van der Waals surface area contributed by atoms with Gasteiger partial charge in [0.2, 0.25) is 0 Å². The number of ketones is 1. The molecule has 10 unspecified atom stereocenters. The molecule has 0 bridgehead atoms. The highest BCUT2D eigenvalue weighted by atomic mass is 16.3. The molecule has 5 rings (SSSR count). The van der Waals surface area contributed by atoms with Gasteiger partial charge >= 0.3 is 0 Å². The molecule has 0 aromatic heterocycles. The van der Waals surface area contributed by atoms with Gasteiger partial charge in [0, 0.05) is 5.92 Å². The lowest BCUT2D eigenvalue weighted by Gasteiger charge is -2.71. The van der Waals surface area contributed by atoms with E-state index >= 15 is 0 Å². The molecule has 10 atom stereocenters. The van der Waals surface area contributed by atoms with Gasteiger partial charge in [0.1, 0.15) is 6.10 Å². The minimum atomic E-state index is -0.733. The molecule has 5 saturated carbocycles. The van der Waals surface area contributed by atoms with Crippen molar-refractivity contribution in [1.29, 1.82) is 0 Å². The normalized spacial score (nSPS) is 58.5. The number of carbonyl (C=O) groups is 1. The molecule has 1 N–H and O–H groups in total. The molecule has 0 aliphatic heterocycles. The van der Waals surface area contributed by atoms with Gasteiger partial charge in [0.25, 0.3) is 0 Å². The van der Waals surface area contributed by atoms with E-state index in [1.165, 1.54) is 57.8 Å². The van der Waals surface area contributed by atoms with Crippen molar-refractivity contribution in [3.05, 3.63) is 0 Å². The van der Waals surface area contributed by atoms with Crippen molar-refractivity contribution in [3.63, 3.8) is 0 Å². The third-order valence-corrected chi connectivity index (χ3v) is 13.0. The molecule has 0 spiro atoms. The molecule has 5 aliphatic carbocycles. The van der Waals surface area contributed by atoms with Gasteiger partial charge in [-0.05, 0) is 115 Å². The van der Waals surface area contributed by atoms with Gasteiger partial charge < -0.3 is 5.11 Å². The molecule has 5 aliphatic rings. The molecule has 2 nitrogen and oxygen atoms in total. The Morgan fingerprint density at radius 3 is 2.10 bits per heavy atom. The Morgan fingerprint density at radius 2 is 1.39 bits per heavy atom.